The summed E-state index contributed by atoms with van der Waals surface area (Å²) in [6.45, 7) is 13.0. The van der Waals surface area contributed by atoms with Crippen molar-refractivity contribution in [3.63, 3.8) is 0 Å². The summed E-state index contributed by atoms with van der Waals surface area (Å²) in [5, 5.41) is 21.8. The van der Waals surface area contributed by atoms with E-state index in [1.807, 2.05) is 12.1 Å². The average molecular weight is 363 g/mol. The number of aliphatic hydroxyl groups is 1. The molecule has 1 aliphatic carbocycles. The van der Waals surface area contributed by atoms with Gasteiger partial charge in [0, 0.05) is 37.2 Å². The van der Waals surface area contributed by atoms with Crippen LogP contribution in [0.1, 0.15) is 59.9 Å². The van der Waals surface area contributed by atoms with Gasteiger partial charge in [-0.25, -0.2) is 0 Å². The normalized spacial score (nSPS) is 20.3. The van der Waals surface area contributed by atoms with Crippen molar-refractivity contribution in [3.8, 4) is 5.75 Å². The van der Waals surface area contributed by atoms with Crippen molar-refractivity contribution >= 4 is 5.57 Å². The minimum Gasteiger partial charge on any atom is -0.512 e. The number of hydrogen-bond donors (Lipinski definition) is 2. The summed E-state index contributed by atoms with van der Waals surface area (Å²) in [5.41, 5.74) is 0.489. The number of methoxy groups -OCH3 is 2. The molecule has 2 rings (SSSR count). The molecule has 1 aliphatic rings. The molecule has 4 heteroatoms. The van der Waals surface area contributed by atoms with Crippen molar-refractivity contribution in [1.82, 2.24) is 0 Å². The molecule has 0 aliphatic heterocycles. The van der Waals surface area contributed by atoms with Crippen LogP contribution in [-0.4, -0.2) is 30.2 Å². The van der Waals surface area contributed by atoms with Gasteiger partial charge in [0.2, 0.25) is 0 Å². The van der Waals surface area contributed by atoms with Gasteiger partial charge in [-0.1, -0.05) is 59.7 Å². The second-order valence-electron chi connectivity index (χ2n) is 9.42. The van der Waals surface area contributed by atoms with Crippen LogP contribution in [0.15, 0.2) is 30.0 Å². The molecule has 4 nitrogen and oxygen atoms in total. The summed E-state index contributed by atoms with van der Waals surface area (Å²) >= 11 is 0. The van der Waals surface area contributed by atoms with Crippen LogP contribution in [-0.2, 0) is 9.47 Å². The fourth-order valence-electron chi connectivity index (χ4n) is 4.99. The van der Waals surface area contributed by atoms with Crippen molar-refractivity contribution in [1.29, 1.82) is 0 Å². The van der Waals surface area contributed by atoms with Gasteiger partial charge in [0.1, 0.15) is 11.5 Å². The number of ether oxygens (including phenoxy) is 2. The van der Waals surface area contributed by atoms with Crippen LogP contribution in [0.5, 0.6) is 5.75 Å². The van der Waals surface area contributed by atoms with Crippen molar-refractivity contribution in [2.45, 2.75) is 60.2 Å². The monoisotopic (exact) mass is 362 g/mol. The van der Waals surface area contributed by atoms with Gasteiger partial charge < -0.3 is 19.7 Å². The van der Waals surface area contributed by atoms with E-state index < -0.39 is 11.2 Å². The van der Waals surface area contributed by atoms with Crippen LogP contribution in [0.25, 0.3) is 5.57 Å². The molecule has 0 saturated heterocycles. The summed E-state index contributed by atoms with van der Waals surface area (Å²) in [6, 6.07) is 7.23. The van der Waals surface area contributed by atoms with Gasteiger partial charge in [0.15, 0.2) is 5.79 Å². The predicted octanol–water partition coefficient (Wildman–Crippen LogP) is 5.52. The Labute approximate surface area is 157 Å². The third kappa shape index (κ3) is 3.03. The number of rotatable bonds is 3. The zero-order chi connectivity index (χ0) is 20.0. The van der Waals surface area contributed by atoms with E-state index in [1.54, 1.807) is 26.4 Å². The van der Waals surface area contributed by atoms with Crippen molar-refractivity contribution in [2.75, 3.05) is 14.2 Å². The van der Waals surface area contributed by atoms with E-state index >= 15 is 0 Å². The Morgan fingerprint density at radius 3 is 1.81 bits per heavy atom. The highest BCUT2D eigenvalue weighted by Crippen LogP contribution is 2.67. The second kappa shape index (κ2) is 6.58. The number of benzene rings is 1. The maximum absolute atomic E-state index is 11.2. The molecule has 0 atom stereocenters. The molecule has 0 saturated carbocycles. The fraction of sp³-hybridized carbons (Fsp3) is 0.636. The molecule has 0 bridgehead atoms. The Kier molecular flexibility index (Phi) is 5.26. The molecule has 146 valence electrons. The maximum Gasteiger partial charge on any atom is 0.175 e. The van der Waals surface area contributed by atoms with Gasteiger partial charge in [-0.15, -0.1) is 0 Å². The molecule has 0 heterocycles. The molecule has 1 aromatic rings. The Balaban J connectivity index is 2.94. The molecule has 0 aromatic heterocycles. The molecule has 2 N–H and O–H groups in total. The van der Waals surface area contributed by atoms with Crippen LogP contribution in [0.2, 0.25) is 0 Å². The maximum atomic E-state index is 11.2. The lowest BCUT2D eigenvalue weighted by Crippen LogP contribution is -2.56. The summed E-state index contributed by atoms with van der Waals surface area (Å²) in [7, 11) is 3.25. The first-order valence-electron chi connectivity index (χ1n) is 9.16. The Morgan fingerprint density at radius 1 is 0.885 bits per heavy atom. The minimum absolute atomic E-state index is 0.175. The van der Waals surface area contributed by atoms with E-state index in [1.165, 1.54) is 0 Å². The molecule has 0 spiro atoms. The summed E-state index contributed by atoms with van der Waals surface area (Å²) in [6.07, 6.45) is 0.825. The van der Waals surface area contributed by atoms with Gasteiger partial charge in [-0.2, -0.15) is 0 Å². The van der Waals surface area contributed by atoms with Gasteiger partial charge in [-0.05, 0) is 16.9 Å². The predicted molar refractivity (Wildman–Crippen MR) is 105 cm³/mol. The van der Waals surface area contributed by atoms with E-state index in [9.17, 15) is 10.2 Å². The topological polar surface area (TPSA) is 58.9 Å². The first-order valence-corrected chi connectivity index (χ1v) is 9.16. The molecular weight excluding hydrogens is 328 g/mol. The van der Waals surface area contributed by atoms with E-state index in [-0.39, 0.29) is 28.8 Å². The molecule has 0 amide bonds. The lowest BCUT2D eigenvalue weighted by molar-refractivity contribution is -0.245. The Bertz CT molecular complexity index is 671. The quantitative estimate of drug-likeness (QED) is 0.695. The largest absolute Gasteiger partial charge is 0.512 e. The lowest BCUT2D eigenvalue weighted by Gasteiger charge is -2.60. The molecule has 26 heavy (non-hydrogen) atoms. The van der Waals surface area contributed by atoms with E-state index in [2.05, 4.69) is 41.5 Å². The van der Waals surface area contributed by atoms with Crippen LogP contribution < -0.4 is 0 Å². The standard InChI is InChI=1S/C22H34O4/c1-19(2,3)22(20(4,5)6)14-21(25-7,26-8)13-17(24)18(22)15-11-9-10-12-16(15)23/h9-12,23-24H,13-14H2,1-8H3. The van der Waals surface area contributed by atoms with Crippen LogP contribution in [0.4, 0.5) is 0 Å². The van der Waals surface area contributed by atoms with E-state index in [4.69, 9.17) is 9.47 Å². The summed E-state index contributed by atoms with van der Waals surface area (Å²) < 4.78 is 11.6. The van der Waals surface area contributed by atoms with Gasteiger partial charge in [-0.3, -0.25) is 0 Å². The van der Waals surface area contributed by atoms with Crippen molar-refractivity contribution in [3.05, 3.63) is 35.6 Å². The third-order valence-electron chi connectivity index (χ3n) is 6.16. The molecule has 0 radical (unpaired) electrons. The minimum atomic E-state index is -0.904. The van der Waals surface area contributed by atoms with E-state index in [0.717, 1.165) is 5.57 Å². The second-order valence-corrected chi connectivity index (χ2v) is 9.42. The zero-order valence-electron chi connectivity index (χ0n) is 17.4. The van der Waals surface area contributed by atoms with E-state index in [0.29, 0.717) is 12.0 Å². The lowest BCUT2D eigenvalue weighted by atomic mass is 9.46. The Morgan fingerprint density at radius 2 is 1.38 bits per heavy atom. The first kappa shape index (κ1) is 20.8. The van der Waals surface area contributed by atoms with Crippen molar-refractivity contribution in [2.24, 2.45) is 16.2 Å². The highest BCUT2D eigenvalue weighted by atomic mass is 16.7. The number of allylic oxidation sites excluding steroid dienone is 1. The van der Waals surface area contributed by atoms with Crippen LogP contribution >= 0.6 is 0 Å². The van der Waals surface area contributed by atoms with Gasteiger partial charge in [0.05, 0.1) is 6.42 Å². The Hall–Kier alpha value is -1.52. The third-order valence-corrected chi connectivity index (χ3v) is 6.16. The number of aliphatic hydroxyl groups excluding tert-OH is 1. The molecule has 0 fully saturated rings. The van der Waals surface area contributed by atoms with Gasteiger partial charge in [0.25, 0.3) is 0 Å². The number of aromatic hydroxyl groups is 1. The summed E-state index contributed by atoms with van der Waals surface area (Å²) in [4.78, 5) is 0. The van der Waals surface area contributed by atoms with Gasteiger partial charge >= 0.3 is 0 Å². The zero-order valence-corrected chi connectivity index (χ0v) is 17.4. The highest BCUT2D eigenvalue weighted by Gasteiger charge is 2.61. The SMILES string of the molecule is COC1(OC)CC(O)=C(c2ccccc2O)C(C(C)(C)C)(C(C)(C)C)C1. The average Bonchev–Trinajstić information content (AvgIpc) is 2.53. The fourth-order valence-corrected chi connectivity index (χ4v) is 4.99. The molecule has 1 aromatic carbocycles. The smallest absolute Gasteiger partial charge is 0.175 e. The number of phenolic OH excluding ortho intramolecular Hbond substituents is 1. The van der Waals surface area contributed by atoms with Crippen molar-refractivity contribution < 1.29 is 19.7 Å². The first-order chi connectivity index (χ1) is 11.9. The van der Waals surface area contributed by atoms with Crippen LogP contribution in [0, 0.1) is 16.2 Å². The number of hydrogen-bond acceptors (Lipinski definition) is 4. The highest BCUT2D eigenvalue weighted by molar-refractivity contribution is 5.78. The molecule has 0 unspecified atom stereocenters. The summed E-state index contributed by atoms with van der Waals surface area (Å²) in [5.74, 6) is -0.515. The number of phenols is 1. The van der Waals surface area contributed by atoms with Crippen LogP contribution in [0.3, 0.4) is 0 Å². The number of para-hydroxylation sites is 1. The molecular formula is C22H34O4.